The number of hydrogen-bond acceptors (Lipinski definition) is 5. The highest BCUT2D eigenvalue weighted by molar-refractivity contribution is 5.35. The summed E-state index contributed by atoms with van der Waals surface area (Å²) in [5.74, 6) is 0.945. The molecule has 0 radical (unpaired) electrons. The molecule has 1 heterocycles. The minimum atomic E-state index is 0.333. The molecule has 0 amide bonds. The van der Waals surface area contributed by atoms with Crippen LogP contribution in [-0.4, -0.2) is 56.4 Å². The van der Waals surface area contributed by atoms with Crippen LogP contribution in [0.1, 0.15) is 26.0 Å². The van der Waals surface area contributed by atoms with Gasteiger partial charge in [-0.25, -0.2) is 4.98 Å². The molecule has 1 N–H and O–H groups in total. The van der Waals surface area contributed by atoms with E-state index in [1.54, 1.807) is 14.2 Å². The lowest BCUT2D eigenvalue weighted by molar-refractivity contribution is 0.0698. The molecule has 0 fully saturated rings. The molecule has 0 spiro atoms. The van der Waals surface area contributed by atoms with Crippen molar-refractivity contribution in [3.63, 3.8) is 0 Å². The molecule has 0 aliphatic carbocycles. The van der Waals surface area contributed by atoms with E-state index in [4.69, 9.17) is 9.47 Å². The molecule has 0 aliphatic heterocycles. The van der Waals surface area contributed by atoms with E-state index in [-0.39, 0.29) is 0 Å². The second-order valence-electron chi connectivity index (χ2n) is 5.21. The minimum absolute atomic E-state index is 0.333. The molecule has 21 heavy (non-hydrogen) atoms. The summed E-state index contributed by atoms with van der Waals surface area (Å²) in [4.78, 5) is 7.00. The van der Waals surface area contributed by atoms with E-state index >= 15 is 0 Å². The monoisotopic (exact) mass is 295 g/mol. The van der Waals surface area contributed by atoms with Gasteiger partial charge < -0.3 is 14.8 Å². The van der Waals surface area contributed by atoms with E-state index in [0.29, 0.717) is 19.3 Å². The molecule has 0 aromatic carbocycles. The molecule has 0 aliphatic rings. The average Bonchev–Trinajstić information content (AvgIpc) is 2.50. The van der Waals surface area contributed by atoms with Gasteiger partial charge in [-0.15, -0.1) is 0 Å². The highest BCUT2D eigenvalue weighted by atomic mass is 16.5. The Morgan fingerprint density at radius 3 is 2.76 bits per heavy atom. The maximum absolute atomic E-state index is 5.26. The van der Waals surface area contributed by atoms with Gasteiger partial charge in [0.2, 0.25) is 0 Å². The van der Waals surface area contributed by atoms with E-state index in [0.717, 1.165) is 37.6 Å². The van der Waals surface area contributed by atoms with Gasteiger partial charge in [0.05, 0.1) is 18.9 Å². The summed E-state index contributed by atoms with van der Waals surface area (Å²) in [7, 11) is 3.46. The van der Waals surface area contributed by atoms with Crippen LogP contribution in [-0.2, 0) is 16.0 Å². The van der Waals surface area contributed by atoms with Gasteiger partial charge in [0, 0.05) is 39.9 Å². The van der Waals surface area contributed by atoms with Crippen LogP contribution >= 0.6 is 0 Å². The average molecular weight is 295 g/mol. The lowest BCUT2D eigenvalue weighted by Gasteiger charge is -2.28. The number of pyridine rings is 1. The Morgan fingerprint density at radius 1 is 1.29 bits per heavy atom. The quantitative estimate of drug-likeness (QED) is 0.679. The third-order valence-corrected chi connectivity index (χ3v) is 3.34. The summed E-state index contributed by atoms with van der Waals surface area (Å²) in [5.41, 5.74) is 1.06. The third-order valence-electron chi connectivity index (χ3n) is 3.34. The Morgan fingerprint density at radius 2 is 2.10 bits per heavy atom. The molecule has 5 heteroatoms. The number of anilines is 1. The number of hydrogen-bond donors (Lipinski definition) is 1. The summed E-state index contributed by atoms with van der Waals surface area (Å²) in [6.07, 6.45) is 1.09. The van der Waals surface area contributed by atoms with Crippen LogP contribution in [0.4, 0.5) is 5.82 Å². The first-order valence-electron chi connectivity index (χ1n) is 7.63. The number of methoxy groups -OCH3 is 2. The first-order chi connectivity index (χ1) is 10.2. The maximum Gasteiger partial charge on any atom is 0.126 e. The highest BCUT2D eigenvalue weighted by Crippen LogP contribution is 2.10. The molecule has 0 saturated carbocycles. The Kier molecular flexibility index (Phi) is 8.98. The summed E-state index contributed by atoms with van der Waals surface area (Å²) in [5, 5.41) is 3.33. The van der Waals surface area contributed by atoms with Crippen LogP contribution in [0.5, 0.6) is 0 Å². The fourth-order valence-electron chi connectivity index (χ4n) is 2.14. The Balaban J connectivity index is 2.67. The van der Waals surface area contributed by atoms with Gasteiger partial charge in [0.15, 0.2) is 0 Å². The van der Waals surface area contributed by atoms with E-state index in [1.165, 1.54) is 0 Å². The Hall–Kier alpha value is -1.17. The smallest absolute Gasteiger partial charge is 0.126 e. The third kappa shape index (κ3) is 6.89. The van der Waals surface area contributed by atoms with Crippen molar-refractivity contribution in [3.05, 3.63) is 23.9 Å². The van der Waals surface area contributed by atoms with Crippen molar-refractivity contribution in [3.8, 4) is 0 Å². The number of nitrogens with one attached hydrogen (secondary N) is 1. The molecule has 1 unspecified atom stereocenters. The Bertz CT molecular complexity index is 388. The van der Waals surface area contributed by atoms with Gasteiger partial charge in [-0.2, -0.15) is 0 Å². The van der Waals surface area contributed by atoms with Crippen molar-refractivity contribution in [2.75, 3.05) is 45.8 Å². The van der Waals surface area contributed by atoms with Crippen LogP contribution in [0.2, 0.25) is 0 Å². The van der Waals surface area contributed by atoms with Crippen molar-refractivity contribution >= 4 is 5.82 Å². The van der Waals surface area contributed by atoms with Crippen molar-refractivity contribution in [2.24, 2.45) is 0 Å². The maximum atomic E-state index is 5.26. The van der Waals surface area contributed by atoms with Crippen molar-refractivity contribution in [1.82, 2.24) is 9.88 Å². The second-order valence-corrected chi connectivity index (χ2v) is 5.21. The van der Waals surface area contributed by atoms with Crippen LogP contribution < -0.4 is 5.32 Å². The highest BCUT2D eigenvalue weighted by Gasteiger charge is 2.14. The predicted octanol–water partition coefficient (Wildman–Crippen LogP) is 2.39. The number of rotatable bonds is 11. The number of aromatic nitrogens is 1. The molecular weight excluding hydrogens is 266 g/mol. The largest absolute Gasteiger partial charge is 0.383 e. The first-order valence-corrected chi connectivity index (χ1v) is 7.63. The van der Waals surface area contributed by atoms with Crippen molar-refractivity contribution in [2.45, 2.75) is 32.9 Å². The lowest BCUT2D eigenvalue weighted by Crippen LogP contribution is -2.38. The lowest BCUT2D eigenvalue weighted by atomic mass is 10.2. The SMILES string of the molecule is CCCNc1cccc(CN(CCOC)C(C)COC)n1. The fourth-order valence-corrected chi connectivity index (χ4v) is 2.14. The van der Waals surface area contributed by atoms with Gasteiger partial charge >= 0.3 is 0 Å². The van der Waals surface area contributed by atoms with E-state index in [9.17, 15) is 0 Å². The number of nitrogens with zero attached hydrogens (tertiary/aromatic N) is 2. The zero-order valence-corrected chi connectivity index (χ0v) is 13.8. The molecule has 120 valence electrons. The van der Waals surface area contributed by atoms with Crippen molar-refractivity contribution < 1.29 is 9.47 Å². The second kappa shape index (κ2) is 10.5. The van der Waals surface area contributed by atoms with E-state index < -0.39 is 0 Å². The molecular formula is C16H29N3O2. The first kappa shape index (κ1) is 17.9. The van der Waals surface area contributed by atoms with Crippen molar-refractivity contribution in [1.29, 1.82) is 0 Å². The normalized spacial score (nSPS) is 12.6. The van der Waals surface area contributed by atoms with Crippen LogP contribution in [0.25, 0.3) is 0 Å². The van der Waals surface area contributed by atoms with Gasteiger partial charge in [-0.1, -0.05) is 13.0 Å². The summed E-state index contributed by atoms with van der Waals surface area (Å²) in [6, 6.07) is 6.46. The van der Waals surface area contributed by atoms with Gasteiger partial charge in [0.25, 0.3) is 0 Å². The van der Waals surface area contributed by atoms with Crippen LogP contribution in [0.15, 0.2) is 18.2 Å². The summed E-state index contributed by atoms with van der Waals surface area (Å²) in [6.45, 7) is 8.35. The van der Waals surface area contributed by atoms with Gasteiger partial charge in [-0.3, -0.25) is 4.90 Å². The topological polar surface area (TPSA) is 46.6 Å². The Labute approximate surface area is 128 Å². The molecule has 1 rings (SSSR count). The molecule has 0 saturated heterocycles. The molecule has 1 atom stereocenters. The fraction of sp³-hybridized carbons (Fsp3) is 0.688. The summed E-state index contributed by atoms with van der Waals surface area (Å²) < 4.78 is 10.5. The zero-order chi connectivity index (χ0) is 15.5. The molecule has 1 aromatic heterocycles. The molecule has 1 aromatic rings. The van der Waals surface area contributed by atoms with Crippen LogP contribution in [0.3, 0.4) is 0 Å². The summed E-state index contributed by atoms with van der Waals surface area (Å²) >= 11 is 0. The van der Waals surface area contributed by atoms with Crippen LogP contribution in [0, 0.1) is 0 Å². The molecule has 0 bridgehead atoms. The standard InChI is InChI=1S/C16H29N3O2/c1-5-9-17-16-8-6-7-15(18-16)12-19(10-11-20-3)14(2)13-21-4/h6-8,14H,5,9-13H2,1-4H3,(H,17,18). The minimum Gasteiger partial charge on any atom is -0.383 e. The predicted molar refractivity (Wildman–Crippen MR) is 86.6 cm³/mol. The zero-order valence-electron chi connectivity index (χ0n) is 13.8. The van der Waals surface area contributed by atoms with E-state index in [1.807, 2.05) is 6.07 Å². The van der Waals surface area contributed by atoms with E-state index in [2.05, 4.69) is 41.2 Å². The molecule has 5 nitrogen and oxygen atoms in total. The van der Waals surface area contributed by atoms with Gasteiger partial charge in [-0.05, 0) is 25.5 Å². The number of ether oxygens (including phenoxy) is 2. The van der Waals surface area contributed by atoms with Gasteiger partial charge in [0.1, 0.15) is 5.82 Å².